The molecule has 1 saturated carbocycles. The lowest BCUT2D eigenvalue weighted by Crippen LogP contribution is -2.52. The molecule has 2 aliphatic heterocycles. The molecule has 0 bridgehead atoms. The van der Waals surface area contributed by atoms with E-state index in [4.69, 9.17) is 0 Å². The molecule has 108 valence electrons. The molecule has 4 nitrogen and oxygen atoms in total. The molecule has 2 heterocycles. The summed E-state index contributed by atoms with van der Waals surface area (Å²) in [4.78, 5) is 15.2. The number of rotatable bonds is 4. The summed E-state index contributed by atoms with van der Waals surface area (Å²) in [6, 6.07) is 1.22. The molecule has 3 rings (SSSR count). The Hall–Kier alpha value is -0.610. The third-order valence-corrected chi connectivity index (χ3v) is 5.25. The Morgan fingerprint density at radius 3 is 2.89 bits per heavy atom. The van der Waals surface area contributed by atoms with Gasteiger partial charge in [0, 0.05) is 31.7 Å². The van der Waals surface area contributed by atoms with Crippen LogP contribution >= 0.6 is 0 Å². The van der Waals surface area contributed by atoms with E-state index in [0.29, 0.717) is 11.9 Å². The Labute approximate surface area is 116 Å². The van der Waals surface area contributed by atoms with Gasteiger partial charge in [-0.3, -0.25) is 9.69 Å². The van der Waals surface area contributed by atoms with Gasteiger partial charge in [-0.05, 0) is 45.1 Å². The zero-order chi connectivity index (χ0) is 13.3. The molecule has 19 heavy (non-hydrogen) atoms. The fourth-order valence-electron chi connectivity index (χ4n) is 3.64. The number of carbonyl (C=O) groups excluding carboxylic acids is 1. The van der Waals surface area contributed by atoms with Crippen molar-refractivity contribution < 1.29 is 4.79 Å². The van der Waals surface area contributed by atoms with E-state index < -0.39 is 0 Å². The van der Waals surface area contributed by atoms with E-state index in [1.165, 1.54) is 19.4 Å². The van der Waals surface area contributed by atoms with Crippen molar-refractivity contribution in [3.63, 3.8) is 0 Å². The van der Waals surface area contributed by atoms with Crippen LogP contribution in [0, 0.1) is 5.41 Å². The van der Waals surface area contributed by atoms with Crippen molar-refractivity contribution in [1.82, 2.24) is 15.5 Å². The average molecular weight is 265 g/mol. The molecule has 1 aliphatic carbocycles. The Bertz CT molecular complexity index is 334. The van der Waals surface area contributed by atoms with Crippen molar-refractivity contribution in [2.75, 3.05) is 26.2 Å². The minimum absolute atomic E-state index is 0.148. The first-order valence-electron chi connectivity index (χ1n) is 7.99. The third-order valence-electron chi connectivity index (χ3n) is 5.25. The van der Waals surface area contributed by atoms with Crippen molar-refractivity contribution in [1.29, 1.82) is 0 Å². The van der Waals surface area contributed by atoms with Gasteiger partial charge in [-0.1, -0.05) is 6.92 Å². The first kappa shape index (κ1) is 13.4. The predicted octanol–water partition coefficient (Wildman–Crippen LogP) is 1.12. The molecule has 2 saturated heterocycles. The highest BCUT2D eigenvalue weighted by atomic mass is 16.2. The quantitative estimate of drug-likeness (QED) is 0.800. The van der Waals surface area contributed by atoms with Crippen LogP contribution in [0.15, 0.2) is 0 Å². The molecule has 2 atom stereocenters. The maximum atomic E-state index is 12.6. The van der Waals surface area contributed by atoms with Gasteiger partial charge in [-0.25, -0.2) is 0 Å². The molecule has 0 aromatic heterocycles. The Morgan fingerprint density at radius 1 is 1.42 bits per heavy atom. The monoisotopic (exact) mass is 265 g/mol. The summed E-state index contributed by atoms with van der Waals surface area (Å²) in [5.41, 5.74) is -0.148. The van der Waals surface area contributed by atoms with E-state index >= 15 is 0 Å². The summed E-state index contributed by atoms with van der Waals surface area (Å²) >= 11 is 0. The Balaban J connectivity index is 1.54. The van der Waals surface area contributed by atoms with Crippen LogP contribution in [0.5, 0.6) is 0 Å². The number of hydrogen-bond donors (Lipinski definition) is 2. The smallest absolute Gasteiger partial charge is 0.227 e. The van der Waals surface area contributed by atoms with Gasteiger partial charge in [0.2, 0.25) is 5.91 Å². The predicted molar refractivity (Wildman–Crippen MR) is 76.0 cm³/mol. The molecule has 4 heteroatoms. The second-order valence-electron chi connectivity index (χ2n) is 6.60. The van der Waals surface area contributed by atoms with E-state index in [1.807, 2.05) is 0 Å². The summed E-state index contributed by atoms with van der Waals surface area (Å²) in [7, 11) is 0. The SMILES string of the molecule is CCC1(C(=O)NC2CCN(C3CC3)C2)CCCNC1. The molecule has 3 aliphatic rings. The van der Waals surface area contributed by atoms with Gasteiger partial charge in [-0.15, -0.1) is 0 Å². The van der Waals surface area contributed by atoms with Crippen LogP contribution in [0.1, 0.15) is 45.4 Å². The van der Waals surface area contributed by atoms with Gasteiger partial charge in [0.15, 0.2) is 0 Å². The molecule has 0 radical (unpaired) electrons. The van der Waals surface area contributed by atoms with Crippen LogP contribution in [0.2, 0.25) is 0 Å². The van der Waals surface area contributed by atoms with Gasteiger partial charge < -0.3 is 10.6 Å². The molecular formula is C15H27N3O. The van der Waals surface area contributed by atoms with Gasteiger partial charge >= 0.3 is 0 Å². The number of hydrogen-bond acceptors (Lipinski definition) is 3. The lowest BCUT2D eigenvalue weighted by Gasteiger charge is -2.36. The zero-order valence-corrected chi connectivity index (χ0v) is 12.1. The number of nitrogens with zero attached hydrogens (tertiary/aromatic N) is 1. The number of amides is 1. The van der Waals surface area contributed by atoms with E-state index in [0.717, 1.165) is 51.4 Å². The average Bonchev–Trinajstić information content (AvgIpc) is 3.20. The Morgan fingerprint density at radius 2 is 2.26 bits per heavy atom. The third kappa shape index (κ3) is 2.79. The van der Waals surface area contributed by atoms with Crippen LogP contribution in [0.4, 0.5) is 0 Å². The molecule has 0 spiro atoms. The summed E-state index contributed by atoms with van der Waals surface area (Å²) < 4.78 is 0. The summed E-state index contributed by atoms with van der Waals surface area (Å²) in [6.45, 7) is 6.32. The minimum Gasteiger partial charge on any atom is -0.352 e. The fraction of sp³-hybridized carbons (Fsp3) is 0.933. The van der Waals surface area contributed by atoms with Crippen LogP contribution in [-0.2, 0) is 4.79 Å². The summed E-state index contributed by atoms with van der Waals surface area (Å²) in [6.07, 6.45) is 6.98. The molecule has 0 aromatic carbocycles. The van der Waals surface area contributed by atoms with Crippen molar-refractivity contribution in [2.24, 2.45) is 5.41 Å². The van der Waals surface area contributed by atoms with Gasteiger partial charge in [0.05, 0.1) is 5.41 Å². The second kappa shape index (κ2) is 5.41. The maximum Gasteiger partial charge on any atom is 0.227 e. The van der Waals surface area contributed by atoms with E-state index in [1.54, 1.807) is 0 Å². The molecule has 1 amide bonds. The largest absolute Gasteiger partial charge is 0.352 e. The van der Waals surface area contributed by atoms with Gasteiger partial charge in [0.1, 0.15) is 0 Å². The summed E-state index contributed by atoms with van der Waals surface area (Å²) in [5, 5.41) is 6.73. The Kier molecular flexibility index (Phi) is 3.81. The van der Waals surface area contributed by atoms with Crippen molar-refractivity contribution in [3.8, 4) is 0 Å². The highest BCUT2D eigenvalue weighted by molar-refractivity contribution is 5.83. The highest BCUT2D eigenvalue weighted by Gasteiger charge is 2.40. The first-order valence-corrected chi connectivity index (χ1v) is 7.99. The van der Waals surface area contributed by atoms with Crippen LogP contribution in [-0.4, -0.2) is 49.1 Å². The normalized spacial score (nSPS) is 36.4. The van der Waals surface area contributed by atoms with Crippen LogP contribution < -0.4 is 10.6 Å². The van der Waals surface area contributed by atoms with E-state index in [-0.39, 0.29) is 5.41 Å². The first-order chi connectivity index (χ1) is 9.23. The van der Waals surface area contributed by atoms with Crippen molar-refractivity contribution in [3.05, 3.63) is 0 Å². The van der Waals surface area contributed by atoms with E-state index in [9.17, 15) is 4.79 Å². The van der Waals surface area contributed by atoms with Crippen LogP contribution in [0.3, 0.4) is 0 Å². The number of likely N-dealkylation sites (tertiary alicyclic amines) is 1. The van der Waals surface area contributed by atoms with Crippen LogP contribution in [0.25, 0.3) is 0 Å². The molecule has 0 aromatic rings. The number of carbonyl (C=O) groups is 1. The second-order valence-corrected chi connectivity index (χ2v) is 6.60. The van der Waals surface area contributed by atoms with Gasteiger partial charge in [-0.2, -0.15) is 0 Å². The number of piperidine rings is 1. The molecular weight excluding hydrogens is 238 g/mol. The highest BCUT2D eigenvalue weighted by Crippen LogP contribution is 2.32. The lowest BCUT2D eigenvalue weighted by molar-refractivity contribution is -0.133. The molecule has 2 N–H and O–H groups in total. The minimum atomic E-state index is -0.148. The van der Waals surface area contributed by atoms with E-state index in [2.05, 4.69) is 22.5 Å². The summed E-state index contributed by atoms with van der Waals surface area (Å²) in [5.74, 6) is 0.296. The fourth-order valence-corrected chi connectivity index (χ4v) is 3.64. The molecule has 3 fully saturated rings. The topological polar surface area (TPSA) is 44.4 Å². The van der Waals surface area contributed by atoms with Gasteiger partial charge in [0.25, 0.3) is 0 Å². The maximum absolute atomic E-state index is 12.6. The number of nitrogens with one attached hydrogen (secondary N) is 2. The van der Waals surface area contributed by atoms with Crippen molar-refractivity contribution >= 4 is 5.91 Å². The standard InChI is InChI=1S/C15H27N3O/c1-2-15(7-3-8-16-11-15)14(19)17-12-6-9-18(10-12)13-4-5-13/h12-13,16H,2-11H2,1H3,(H,17,19). The lowest BCUT2D eigenvalue weighted by atomic mass is 9.77. The van der Waals surface area contributed by atoms with Crippen molar-refractivity contribution in [2.45, 2.75) is 57.5 Å². The molecule has 2 unspecified atom stereocenters. The zero-order valence-electron chi connectivity index (χ0n) is 12.1.